The Morgan fingerprint density at radius 1 is 0.780 bits per heavy atom. The molecule has 0 atom stereocenters. The van der Waals surface area contributed by atoms with Crippen molar-refractivity contribution in [3.05, 3.63) is 128 Å². The van der Waals surface area contributed by atoms with Gasteiger partial charge in [-0.25, -0.2) is 10.2 Å². The zero-order valence-corrected chi connectivity index (χ0v) is 23.9. The number of nitrogens with zero attached hydrogens (tertiary/aromatic N) is 1. The van der Waals surface area contributed by atoms with E-state index >= 15 is 0 Å². The molecule has 0 aliphatic rings. The fourth-order valence-electron chi connectivity index (χ4n) is 3.51. The molecule has 0 bridgehead atoms. The lowest BCUT2D eigenvalue weighted by Gasteiger charge is -2.11. The average Bonchev–Trinajstić information content (AvgIpc) is 2.95. The molecule has 7 nitrogen and oxygen atoms in total. The van der Waals surface area contributed by atoms with Gasteiger partial charge in [-0.2, -0.15) is 18.3 Å². The third kappa shape index (κ3) is 7.89. The van der Waals surface area contributed by atoms with Crippen LogP contribution in [0.2, 0.25) is 0 Å². The van der Waals surface area contributed by atoms with Crippen molar-refractivity contribution in [2.24, 2.45) is 5.10 Å². The van der Waals surface area contributed by atoms with Gasteiger partial charge in [0.25, 0.3) is 11.8 Å². The van der Waals surface area contributed by atoms with E-state index in [4.69, 9.17) is 4.74 Å². The van der Waals surface area contributed by atoms with Gasteiger partial charge in [0.15, 0.2) is 5.75 Å². The molecule has 12 heteroatoms. The van der Waals surface area contributed by atoms with E-state index in [0.717, 1.165) is 18.2 Å². The smallest absolute Gasteiger partial charge is 0.416 e. The maximum absolute atomic E-state index is 13.0. The summed E-state index contributed by atoms with van der Waals surface area (Å²) in [5.74, 6) is -1.81. The Balaban J connectivity index is 1.46. The summed E-state index contributed by atoms with van der Waals surface area (Å²) in [6.45, 7) is 0. The fourth-order valence-corrected chi connectivity index (χ4v) is 4.85. The van der Waals surface area contributed by atoms with E-state index in [2.05, 4.69) is 47.7 Å². The van der Waals surface area contributed by atoms with Crippen LogP contribution in [0.3, 0.4) is 0 Å². The van der Waals surface area contributed by atoms with E-state index in [0.29, 0.717) is 20.1 Å². The first-order chi connectivity index (χ1) is 19.5. The van der Waals surface area contributed by atoms with Gasteiger partial charge in [0.1, 0.15) is 0 Å². The molecule has 0 spiro atoms. The fraction of sp³-hybridized carbons (Fsp3) is 0.0345. The van der Waals surface area contributed by atoms with E-state index in [-0.39, 0.29) is 22.6 Å². The first-order valence-electron chi connectivity index (χ1n) is 11.7. The quantitative estimate of drug-likeness (QED) is 0.0912. The van der Waals surface area contributed by atoms with Crippen LogP contribution in [0.15, 0.2) is 105 Å². The highest BCUT2D eigenvalue weighted by Crippen LogP contribution is 2.33. The monoisotopic (exact) mass is 687 g/mol. The summed E-state index contributed by atoms with van der Waals surface area (Å²) in [4.78, 5) is 37.8. The van der Waals surface area contributed by atoms with Gasteiger partial charge in [-0.3, -0.25) is 9.59 Å². The summed E-state index contributed by atoms with van der Waals surface area (Å²) in [6, 6.07) is 21.5. The third-order valence-electron chi connectivity index (χ3n) is 5.45. The molecule has 4 aromatic carbocycles. The Bertz CT molecular complexity index is 1640. The molecule has 0 saturated carbocycles. The number of halogens is 5. The van der Waals surface area contributed by atoms with E-state index in [9.17, 15) is 27.6 Å². The highest BCUT2D eigenvalue weighted by atomic mass is 79.9. The molecular formula is C29H18Br2F3N3O4. The van der Waals surface area contributed by atoms with Gasteiger partial charge in [0.2, 0.25) is 0 Å². The maximum atomic E-state index is 13.0. The second-order valence-electron chi connectivity index (χ2n) is 8.37. The number of ether oxygens (including phenoxy) is 1. The number of alkyl halides is 3. The van der Waals surface area contributed by atoms with Crippen LogP contribution in [0.1, 0.15) is 42.2 Å². The van der Waals surface area contributed by atoms with Gasteiger partial charge in [-0.05, 0) is 76.6 Å². The molecule has 0 unspecified atom stereocenters. The molecule has 0 aromatic heterocycles. The molecule has 2 amide bonds. The molecule has 0 radical (unpaired) electrons. The number of carbonyl (C=O) groups excluding carboxylic acids is 3. The molecular weight excluding hydrogens is 671 g/mol. The molecule has 0 saturated heterocycles. The number of hydrazone groups is 1. The highest BCUT2D eigenvalue weighted by molar-refractivity contribution is 9.11. The van der Waals surface area contributed by atoms with Crippen molar-refractivity contribution in [2.45, 2.75) is 6.18 Å². The van der Waals surface area contributed by atoms with Gasteiger partial charge in [-0.15, -0.1) is 0 Å². The van der Waals surface area contributed by atoms with Crippen molar-refractivity contribution in [3.8, 4) is 5.75 Å². The normalized spacial score (nSPS) is 11.2. The molecule has 4 aromatic rings. The summed E-state index contributed by atoms with van der Waals surface area (Å²) in [6.07, 6.45) is -3.30. The SMILES string of the molecule is O=C(NN=Cc1cc(Br)cc(Br)c1OC(=O)c1ccccc1)c1cccc(NC(=O)c2cccc(C(F)(F)F)c2)c1. The minimum atomic E-state index is -4.59. The van der Waals surface area contributed by atoms with Crippen molar-refractivity contribution in [3.63, 3.8) is 0 Å². The van der Waals surface area contributed by atoms with Crippen LogP contribution in [-0.2, 0) is 6.18 Å². The highest BCUT2D eigenvalue weighted by Gasteiger charge is 2.31. The molecule has 0 fully saturated rings. The summed E-state index contributed by atoms with van der Waals surface area (Å²) < 4.78 is 45.6. The van der Waals surface area contributed by atoms with Crippen molar-refractivity contribution in [2.75, 3.05) is 5.32 Å². The summed E-state index contributed by atoms with van der Waals surface area (Å²) in [5, 5.41) is 6.44. The largest absolute Gasteiger partial charge is 0.421 e. The number of anilines is 1. The van der Waals surface area contributed by atoms with Crippen molar-refractivity contribution < 1.29 is 32.3 Å². The first kappa shape index (κ1) is 29.7. The Kier molecular flexibility index (Phi) is 9.35. The number of nitrogens with one attached hydrogen (secondary N) is 2. The molecule has 0 aliphatic carbocycles. The Morgan fingerprint density at radius 2 is 1.44 bits per heavy atom. The standard InChI is InChI=1S/C29H18Br2F3N3O4/c30-22-13-20(25(24(31)15-22)41-28(40)17-6-2-1-3-7-17)16-35-37-27(39)19-9-5-11-23(14-19)36-26(38)18-8-4-10-21(12-18)29(32,33)34/h1-16H,(H,36,38)(H,37,39). The number of rotatable bonds is 7. The third-order valence-corrected chi connectivity index (χ3v) is 6.49. The summed E-state index contributed by atoms with van der Waals surface area (Å²) in [5.41, 5.74) is 2.24. The predicted octanol–water partition coefficient (Wildman–Crippen LogP) is 7.47. The van der Waals surface area contributed by atoms with Crippen molar-refractivity contribution in [1.29, 1.82) is 0 Å². The van der Waals surface area contributed by atoms with Crippen LogP contribution >= 0.6 is 31.9 Å². The predicted molar refractivity (Wildman–Crippen MR) is 154 cm³/mol. The lowest BCUT2D eigenvalue weighted by atomic mass is 10.1. The van der Waals surface area contributed by atoms with Gasteiger partial charge in [0, 0.05) is 26.9 Å². The Labute approximate surface area is 248 Å². The van der Waals surface area contributed by atoms with Gasteiger partial charge >= 0.3 is 12.1 Å². The molecule has 4 rings (SSSR count). The summed E-state index contributed by atoms with van der Waals surface area (Å²) >= 11 is 6.73. The lowest BCUT2D eigenvalue weighted by molar-refractivity contribution is -0.137. The van der Waals surface area contributed by atoms with Crippen LogP contribution in [0.25, 0.3) is 0 Å². The number of carbonyl (C=O) groups is 3. The second kappa shape index (κ2) is 12.9. The van der Waals surface area contributed by atoms with Gasteiger partial charge in [-0.1, -0.05) is 46.3 Å². The average molecular weight is 689 g/mol. The van der Waals surface area contributed by atoms with Crippen LogP contribution in [0, 0.1) is 0 Å². The van der Waals surface area contributed by atoms with Crippen molar-refractivity contribution in [1.82, 2.24) is 5.43 Å². The minimum Gasteiger partial charge on any atom is -0.421 e. The number of hydrogen-bond acceptors (Lipinski definition) is 5. The van der Waals surface area contributed by atoms with Gasteiger partial charge < -0.3 is 10.1 Å². The minimum absolute atomic E-state index is 0.121. The summed E-state index contributed by atoms with van der Waals surface area (Å²) in [7, 11) is 0. The van der Waals surface area contributed by atoms with Crippen LogP contribution in [0.4, 0.5) is 18.9 Å². The molecule has 41 heavy (non-hydrogen) atoms. The zero-order chi connectivity index (χ0) is 29.6. The Hall–Kier alpha value is -4.29. The second-order valence-corrected chi connectivity index (χ2v) is 10.1. The van der Waals surface area contributed by atoms with Crippen LogP contribution < -0.4 is 15.5 Å². The lowest BCUT2D eigenvalue weighted by Crippen LogP contribution is -2.19. The van der Waals surface area contributed by atoms with Crippen LogP contribution in [0.5, 0.6) is 5.75 Å². The number of esters is 1. The molecule has 0 heterocycles. The molecule has 2 N–H and O–H groups in total. The van der Waals surface area contributed by atoms with E-state index in [1.54, 1.807) is 42.5 Å². The number of hydrogen-bond donors (Lipinski definition) is 2. The Morgan fingerprint density at radius 3 is 2.15 bits per heavy atom. The number of benzene rings is 4. The van der Waals surface area contributed by atoms with Crippen molar-refractivity contribution >= 4 is 61.5 Å². The van der Waals surface area contributed by atoms with E-state index in [1.807, 2.05) is 0 Å². The van der Waals surface area contributed by atoms with Gasteiger partial charge in [0.05, 0.1) is 21.8 Å². The number of amides is 2. The molecule has 0 aliphatic heterocycles. The zero-order valence-electron chi connectivity index (χ0n) is 20.7. The molecule has 208 valence electrons. The van der Waals surface area contributed by atoms with E-state index in [1.165, 1.54) is 36.5 Å². The van der Waals surface area contributed by atoms with Crippen LogP contribution in [-0.4, -0.2) is 24.0 Å². The van der Waals surface area contributed by atoms with E-state index < -0.39 is 29.5 Å². The maximum Gasteiger partial charge on any atom is 0.416 e. The topological polar surface area (TPSA) is 96.9 Å². The first-order valence-corrected chi connectivity index (χ1v) is 13.3.